The Morgan fingerprint density at radius 2 is 1.94 bits per heavy atom. The Kier molecular flexibility index (Phi) is 3.57. The maximum Gasteiger partial charge on any atom is 0.573 e. The lowest BCUT2D eigenvalue weighted by Crippen LogP contribution is -2.18. The number of Topliss-reactive ketones (excluding diaryl/α,β-unsaturated/α-hetero) is 1. The van der Waals surface area contributed by atoms with Crippen molar-refractivity contribution in [2.75, 3.05) is 0 Å². The van der Waals surface area contributed by atoms with Gasteiger partial charge < -0.3 is 4.74 Å². The fourth-order valence-corrected chi connectivity index (χ4v) is 1.49. The summed E-state index contributed by atoms with van der Waals surface area (Å²) in [6, 6.07) is 1.75. The molecule has 1 aromatic carbocycles. The van der Waals surface area contributed by atoms with E-state index in [1.54, 1.807) is 0 Å². The number of rotatable bonds is 2. The minimum atomic E-state index is -4.99. The van der Waals surface area contributed by atoms with E-state index < -0.39 is 23.7 Å². The molecule has 88 valence electrons. The number of ketones is 1. The van der Waals surface area contributed by atoms with Gasteiger partial charge in [-0.05, 0) is 35.0 Å². The van der Waals surface area contributed by atoms with Crippen molar-refractivity contribution in [2.45, 2.75) is 13.3 Å². The van der Waals surface area contributed by atoms with Gasteiger partial charge in [0.2, 0.25) is 0 Å². The first-order valence-corrected chi connectivity index (χ1v) is 4.75. The number of carbonyl (C=O) groups excluding carboxylic acids is 1. The number of hydrogen-bond acceptors (Lipinski definition) is 2. The summed E-state index contributed by atoms with van der Waals surface area (Å²) < 4.78 is 52.0. The number of benzene rings is 1. The van der Waals surface area contributed by atoms with Crippen molar-refractivity contribution in [3.8, 4) is 5.75 Å². The Morgan fingerprint density at radius 1 is 1.38 bits per heavy atom. The molecule has 0 aromatic heterocycles. The summed E-state index contributed by atoms with van der Waals surface area (Å²) in [5.74, 6) is -2.70. The second-order valence-electron chi connectivity index (χ2n) is 2.87. The van der Waals surface area contributed by atoms with E-state index in [1.807, 2.05) is 0 Å². The highest BCUT2D eigenvalue weighted by Gasteiger charge is 2.33. The average molecular weight is 301 g/mol. The van der Waals surface area contributed by atoms with Gasteiger partial charge in [-0.15, -0.1) is 13.2 Å². The van der Waals surface area contributed by atoms with E-state index in [4.69, 9.17) is 0 Å². The van der Waals surface area contributed by atoms with Gasteiger partial charge in [-0.3, -0.25) is 4.79 Å². The van der Waals surface area contributed by atoms with E-state index in [-0.39, 0.29) is 10.0 Å². The molecular formula is C9H5BrF4O2. The molecule has 0 radical (unpaired) electrons. The van der Waals surface area contributed by atoms with Crippen molar-refractivity contribution in [1.82, 2.24) is 0 Å². The summed E-state index contributed by atoms with van der Waals surface area (Å²) in [5.41, 5.74) is -0.0427. The molecule has 0 unspecified atom stereocenters. The van der Waals surface area contributed by atoms with Crippen LogP contribution in [0.5, 0.6) is 5.75 Å². The minimum absolute atomic E-state index is 0.0427. The molecule has 16 heavy (non-hydrogen) atoms. The lowest BCUT2D eigenvalue weighted by molar-refractivity contribution is -0.275. The molecule has 2 nitrogen and oxygen atoms in total. The van der Waals surface area contributed by atoms with E-state index in [0.717, 1.165) is 6.07 Å². The van der Waals surface area contributed by atoms with Gasteiger partial charge in [0.15, 0.2) is 17.3 Å². The molecular weight excluding hydrogens is 296 g/mol. The average Bonchev–Trinajstić information content (AvgIpc) is 2.09. The second-order valence-corrected chi connectivity index (χ2v) is 3.73. The molecule has 7 heteroatoms. The third kappa shape index (κ3) is 3.19. The van der Waals surface area contributed by atoms with Crippen molar-refractivity contribution >= 4 is 21.7 Å². The fraction of sp³-hybridized carbons (Fsp3) is 0.222. The number of alkyl halides is 3. The van der Waals surface area contributed by atoms with Crippen molar-refractivity contribution in [1.29, 1.82) is 0 Å². The molecule has 0 aliphatic heterocycles. The zero-order chi connectivity index (χ0) is 12.5. The first-order valence-electron chi connectivity index (χ1n) is 3.96. The molecule has 0 N–H and O–H groups in total. The van der Waals surface area contributed by atoms with Crippen LogP contribution in [0.4, 0.5) is 17.6 Å². The standard InChI is InChI=1S/C9H5BrF4O2/c1-4(15)5-2-6(10)8(7(11)3-5)16-9(12,13)14/h2-3H,1H3. The maximum absolute atomic E-state index is 13.2. The molecule has 1 rings (SSSR count). The van der Waals surface area contributed by atoms with E-state index >= 15 is 0 Å². The van der Waals surface area contributed by atoms with Crippen molar-refractivity contribution < 1.29 is 27.1 Å². The van der Waals surface area contributed by atoms with Crippen LogP contribution in [0, 0.1) is 5.82 Å². The molecule has 0 saturated heterocycles. The summed E-state index contributed by atoms with van der Waals surface area (Å²) >= 11 is 2.70. The zero-order valence-electron chi connectivity index (χ0n) is 7.86. The van der Waals surface area contributed by atoms with Crippen LogP contribution in [0.1, 0.15) is 17.3 Å². The normalized spacial score (nSPS) is 11.4. The fourth-order valence-electron chi connectivity index (χ4n) is 0.976. The smallest absolute Gasteiger partial charge is 0.401 e. The predicted octanol–water partition coefficient (Wildman–Crippen LogP) is 3.69. The predicted molar refractivity (Wildman–Crippen MR) is 50.8 cm³/mol. The molecule has 0 fully saturated rings. The Balaban J connectivity index is 3.18. The monoisotopic (exact) mass is 300 g/mol. The molecule has 0 aliphatic rings. The van der Waals surface area contributed by atoms with E-state index in [1.165, 1.54) is 6.92 Å². The Bertz CT molecular complexity index is 405. The van der Waals surface area contributed by atoms with Gasteiger partial charge in [-0.2, -0.15) is 0 Å². The highest BCUT2D eigenvalue weighted by molar-refractivity contribution is 9.10. The highest BCUT2D eigenvalue weighted by atomic mass is 79.9. The van der Waals surface area contributed by atoms with Gasteiger partial charge in [0.1, 0.15) is 0 Å². The van der Waals surface area contributed by atoms with Gasteiger partial charge in [-0.1, -0.05) is 0 Å². The van der Waals surface area contributed by atoms with Crippen molar-refractivity contribution in [3.05, 3.63) is 28.0 Å². The number of ether oxygens (including phenoxy) is 1. The van der Waals surface area contributed by atoms with Gasteiger partial charge in [0.25, 0.3) is 0 Å². The van der Waals surface area contributed by atoms with Crippen LogP contribution in [0.3, 0.4) is 0 Å². The van der Waals surface area contributed by atoms with Crippen molar-refractivity contribution in [3.63, 3.8) is 0 Å². The molecule has 0 atom stereocenters. The summed E-state index contributed by atoms with van der Waals surface area (Å²) in [4.78, 5) is 10.9. The van der Waals surface area contributed by atoms with Crippen LogP contribution in [-0.4, -0.2) is 12.1 Å². The molecule has 0 spiro atoms. The Hall–Kier alpha value is -1.11. The molecule has 0 amide bonds. The van der Waals surface area contributed by atoms with E-state index in [2.05, 4.69) is 20.7 Å². The highest BCUT2D eigenvalue weighted by Crippen LogP contribution is 2.34. The lowest BCUT2D eigenvalue weighted by atomic mass is 10.1. The number of hydrogen-bond donors (Lipinski definition) is 0. The van der Waals surface area contributed by atoms with Crippen LogP contribution in [0.15, 0.2) is 16.6 Å². The topological polar surface area (TPSA) is 26.3 Å². The van der Waals surface area contributed by atoms with Gasteiger partial charge in [-0.25, -0.2) is 4.39 Å². The SMILES string of the molecule is CC(=O)c1cc(F)c(OC(F)(F)F)c(Br)c1. The molecule has 0 bridgehead atoms. The van der Waals surface area contributed by atoms with Crippen LogP contribution in [0.25, 0.3) is 0 Å². The molecule has 0 aliphatic carbocycles. The number of halogens is 5. The van der Waals surface area contributed by atoms with Crippen LogP contribution >= 0.6 is 15.9 Å². The molecule has 0 saturated carbocycles. The second kappa shape index (κ2) is 4.40. The minimum Gasteiger partial charge on any atom is -0.401 e. The van der Waals surface area contributed by atoms with E-state index in [9.17, 15) is 22.4 Å². The van der Waals surface area contributed by atoms with Gasteiger partial charge in [0, 0.05) is 5.56 Å². The largest absolute Gasteiger partial charge is 0.573 e. The number of carbonyl (C=O) groups is 1. The molecule has 1 aromatic rings. The first-order chi connectivity index (χ1) is 7.20. The Labute approximate surface area is 96.3 Å². The van der Waals surface area contributed by atoms with Crippen LogP contribution in [0.2, 0.25) is 0 Å². The maximum atomic E-state index is 13.2. The first kappa shape index (κ1) is 13.0. The summed E-state index contributed by atoms with van der Waals surface area (Å²) in [7, 11) is 0. The van der Waals surface area contributed by atoms with Crippen molar-refractivity contribution in [2.24, 2.45) is 0 Å². The summed E-state index contributed by atoms with van der Waals surface area (Å²) in [6.45, 7) is 1.17. The quantitative estimate of drug-likeness (QED) is 0.615. The third-order valence-electron chi connectivity index (χ3n) is 1.62. The van der Waals surface area contributed by atoms with Gasteiger partial charge >= 0.3 is 6.36 Å². The lowest BCUT2D eigenvalue weighted by Gasteiger charge is -2.11. The van der Waals surface area contributed by atoms with Gasteiger partial charge in [0.05, 0.1) is 4.47 Å². The molecule has 0 heterocycles. The summed E-state index contributed by atoms with van der Waals surface area (Å²) in [6.07, 6.45) is -4.99. The van der Waals surface area contributed by atoms with E-state index in [0.29, 0.717) is 6.07 Å². The van der Waals surface area contributed by atoms with Crippen LogP contribution in [-0.2, 0) is 0 Å². The zero-order valence-corrected chi connectivity index (χ0v) is 9.45. The third-order valence-corrected chi connectivity index (χ3v) is 2.21. The van der Waals surface area contributed by atoms with Crippen LogP contribution < -0.4 is 4.74 Å². The Morgan fingerprint density at radius 3 is 2.31 bits per heavy atom. The summed E-state index contributed by atoms with van der Waals surface area (Å²) in [5, 5.41) is 0.